The third-order valence-corrected chi connectivity index (χ3v) is 3.77. The van der Waals surface area contributed by atoms with E-state index in [2.05, 4.69) is 15.9 Å². The predicted molar refractivity (Wildman–Crippen MR) is 84.2 cm³/mol. The highest BCUT2D eigenvalue weighted by Gasteiger charge is 2.14. The van der Waals surface area contributed by atoms with E-state index in [0.29, 0.717) is 16.7 Å². The fourth-order valence-corrected chi connectivity index (χ4v) is 2.76. The number of carbonyl (C=O) groups excluding carboxylic acids is 1. The molecule has 0 N–H and O–H groups in total. The van der Waals surface area contributed by atoms with Gasteiger partial charge in [-0.25, -0.2) is 0 Å². The molecule has 0 fully saturated rings. The Morgan fingerprint density at radius 2 is 1.86 bits per heavy atom. The zero-order valence-electron chi connectivity index (χ0n) is 11.5. The molecule has 0 saturated heterocycles. The van der Waals surface area contributed by atoms with Gasteiger partial charge in [0.1, 0.15) is 5.75 Å². The molecule has 0 unspecified atom stereocenters. The summed E-state index contributed by atoms with van der Waals surface area (Å²) in [5.74, 6) is 0.0699. The van der Waals surface area contributed by atoms with Crippen molar-refractivity contribution in [3.05, 3.63) is 63.6 Å². The van der Waals surface area contributed by atoms with E-state index in [0.717, 1.165) is 10.7 Å². The summed E-state index contributed by atoms with van der Waals surface area (Å²) < 4.78 is 27.8. The lowest BCUT2D eigenvalue weighted by Gasteiger charge is -2.08. The van der Waals surface area contributed by atoms with E-state index in [1.165, 1.54) is 12.1 Å². The van der Waals surface area contributed by atoms with Gasteiger partial charge in [-0.1, -0.05) is 28.1 Å². The average Bonchev–Trinajstić information content (AvgIpc) is 2.36. The van der Waals surface area contributed by atoms with Crippen LogP contribution in [0.25, 0.3) is 0 Å². The Bertz CT molecular complexity index is 797. The lowest BCUT2D eigenvalue weighted by atomic mass is 9.99. The van der Waals surface area contributed by atoms with Crippen molar-refractivity contribution >= 4 is 31.8 Å². The van der Waals surface area contributed by atoms with Gasteiger partial charge in [-0.2, -0.15) is 8.42 Å². The Balaban J connectivity index is 2.35. The molecule has 0 aliphatic rings. The largest absolute Gasteiger partial charge is 0.383 e. The quantitative estimate of drug-likeness (QED) is 0.613. The van der Waals surface area contributed by atoms with Crippen molar-refractivity contribution in [3.8, 4) is 5.75 Å². The van der Waals surface area contributed by atoms with Crippen LogP contribution in [0.3, 0.4) is 0 Å². The Morgan fingerprint density at radius 3 is 2.43 bits per heavy atom. The molecule has 2 rings (SSSR count). The molecule has 21 heavy (non-hydrogen) atoms. The minimum atomic E-state index is -3.58. The molecule has 0 bridgehead atoms. The normalized spacial score (nSPS) is 11.2. The highest BCUT2D eigenvalue weighted by molar-refractivity contribution is 9.10. The Hall–Kier alpha value is -1.66. The van der Waals surface area contributed by atoms with Crippen molar-refractivity contribution < 1.29 is 17.4 Å². The third kappa shape index (κ3) is 4.15. The van der Waals surface area contributed by atoms with Gasteiger partial charge in [0.25, 0.3) is 0 Å². The van der Waals surface area contributed by atoms with Gasteiger partial charge < -0.3 is 4.18 Å². The predicted octanol–water partition coefficient (Wildman–Crippen LogP) is 3.33. The maximum Gasteiger partial charge on any atom is 0.306 e. The van der Waals surface area contributed by atoms with E-state index in [-0.39, 0.29) is 11.5 Å². The molecule has 4 nitrogen and oxygen atoms in total. The summed E-state index contributed by atoms with van der Waals surface area (Å²) >= 11 is 3.33. The minimum Gasteiger partial charge on any atom is -0.383 e. The van der Waals surface area contributed by atoms with Crippen LogP contribution in [0.5, 0.6) is 5.75 Å². The number of hydrogen-bond donors (Lipinski definition) is 0. The molecule has 0 spiro atoms. The van der Waals surface area contributed by atoms with Crippen molar-refractivity contribution in [1.29, 1.82) is 0 Å². The Labute approximate surface area is 132 Å². The second kappa shape index (κ2) is 5.99. The Morgan fingerprint density at radius 1 is 1.14 bits per heavy atom. The summed E-state index contributed by atoms with van der Waals surface area (Å²) in [6, 6.07) is 11.7. The van der Waals surface area contributed by atoms with Gasteiger partial charge in [0.05, 0.1) is 6.26 Å². The second-order valence-electron chi connectivity index (χ2n) is 4.60. The number of hydrogen-bond acceptors (Lipinski definition) is 4. The van der Waals surface area contributed by atoms with Crippen molar-refractivity contribution in [2.24, 2.45) is 0 Å². The first kappa shape index (κ1) is 15.7. The molecule has 0 saturated carbocycles. The zero-order chi connectivity index (χ0) is 15.6. The van der Waals surface area contributed by atoms with E-state index < -0.39 is 10.1 Å². The number of carbonyl (C=O) groups is 1. The summed E-state index contributed by atoms with van der Waals surface area (Å²) in [7, 11) is -3.58. The van der Waals surface area contributed by atoms with Crippen LogP contribution in [-0.4, -0.2) is 20.5 Å². The van der Waals surface area contributed by atoms with E-state index in [4.69, 9.17) is 4.18 Å². The SMILES string of the molecule is Cc1cc(OS(C)(=O)=O)ccc1C(=O)c1cccc(Br)c1. The van der Waals surface area contributed by atoms with Crippen LogP contribution in [-0.2, 0) is 10.1 Å². The smallest absolute Gasteiger partial charge is 0.306 e. The maximum absolute atomic E-state index is 12.4. The van der Waals surface area contributed by atoms with Crippen molar-refractivity contribution in [3.63, 3.8) is 0 Å². The molecule has 6 heteroatoms. The molecule has 0 amide bonds. The molecule has 0 aromatic heterocycles. The zero-order valence-corrected chi connectivity index (χ0v) is 13.9. The van der Waals surface area contributed by atoms with Gasteiger partial charge in [0.2, 0.25) is 0 Å². The molecule has 0 aliphatic carbocycles. The van der Waals surface area contributed by atoms with Gasteiger partial charge in [0, 0.05) is 15.6 Å². The van der Waals surface area contributed by atoms with E-state index in [1.54, 1.807) is 31.2 Å². The highest BCUT2D eigenvalue weighted by Crippen LogP contribution is 2.22. The van der Waals surface area contributed by atoms with Crippen LogP contribution in [0, 0.1) is 6.92 Å². The van der Waals surface area contributed by atoms with Crippen LogP contribution in [0.15, 0.2) is 46.9 Å². The molecule has 2 aromatic rings. The summed E-state index contributed by atoms with van der Waals surface area (Å²) in [6.07, 6.45) is 0.975. The molecule has 2 aromatic carbocycles. The molecular formula is C15H13BrO4S. The minimum absolute atomic E-state index is 0.125. The first-order chi connectivity index (χ1) is 9.76. The van der Waals surface area contributed by atoms with Crippen molar-refractivity contribution in [1.82, 2.24) is 0 Å². The lowest BCUT2D eigenvalue weighted by Crippen LogP contribution is -2.07. The van der Waals surface area contributed by atoms with Crippen molar-refractivity contribution in [2.45, 2.75) is 6.92 Å². The molecule has 0 heterocycles. The fraction of sp³-hybridized carbons (Fsp3) is 0.133. The van der Waals surface area contributed by atoms with E-state index >= 15 is 0 Å². The first-order valence-corrected chi connectivity index (χ1v) is 8.67. The van der Waals surface area contributed by atoms with Crippen LogP contribution in [0.2, 0.25) is 0 Å². The van der Waals surface area contributed by atoms with Gasteiger partial charge >= 0.3 is 10.1 Å². The van der Waals surface area contributed by atoms with Crippen LogP contribution in [0.4, 0.5) is 0 Å². The highest BCUT2D eigenvalue weighted by atomic mass is 79.9. The summed E-state index contributed by atoms with van der Waals surface area (Å²) in [5, 5.41) is 0. The molecule has 0 radical (unpaired) electrons. The summed E-state index contributed by atoms with van der Waals surface area (Å²) in [6.45, 7) is 1.74. The number of rotatable bonds is 4. The second-order valence-corrected chi connectivity index (χ2v) is 7.09. The summed E-state index contributed by atoms with van der Waals surface area (Å²) in [5.41, 5.74) is 1.72. The van der Waals surface area contributed by atoms with Crippen LogP contribution in [0.1, 0.15) is 21.5 Å². The topological polar surface area (TPSA) is 60.4 Å². The van der Waals surface area contributed by atoms with Gasteiger partial charge in [-0.3, -0.25) is 4.79 Å². The van der Waals surface area contributed by atoms with Gasteiger partial charge in [0.15, 0.2) is 5.78 Å². The van der Waals surface area contributed by atoms with E-state index in [1.807, 2.05) is 6.07 Å². The number of halogens is 1. The third-order valence-electron chi connectivity index (χ3n) is 2.78. The standard InChI is InChI=1S/C15H13BrO4S/c1-10-8-13(20-21(2,18)19)6-7-14(10)15(17)11-4-3-5-12(16)9-11/h3-9H,1-2H3. The summed E-state index contributed by atoms with van der Waals surface area (Å²) in [4.78, 5) is 12.4. The van der Waals surface area contributed by atoms with Gasteiger partial charge in [-0.15, -0.1) is 0 Å². The monoisotopic (exact) mass is 368 g/mol. The number of benzene rings is 2. The first-order valence-electron chi connectivity index (χ1n) is 6.06. The van der Waals surface area contributed by atoms with Gasteiger partial charge in [-0.05, 0) is 42.8 Å². The molecule has 0 atom stereocenters. The van der Waals surface area contributed by atoms with Crippen LogP contribution < -0.4 is 4.18 Å². The van der Waals surface area contributed by atoms with E-state index in [9.17, 15) is 13.2 Å². The molecule has 0 aliphatic heterocycles. The molecule has 110 valence electrons. The lowest BCUT2D eigenvalue weighted by molar-refractivity contribution is 0.103. The molecular weight excluding hydrogens is 356 g/mol. The fourth-order valence-electron chi connectivity index (χ4n) is 1.90. The number of ketones is 1. The van der Waals surface area contributed by atoms with Crippen LogP contribution >= 0.6 is 15.9 Å². The van der Waals surface area contributed by atoms with Crippen molar-refractivity contribution in [2.75, 3.05) is 6.26 Å². The number of aryl methyl sites for hydroxylation is 1. The average molecular weight is 369 g/mol. The Kier molecular flexibility index (Phi) is 4.49. The maximum atomic E-state index is 12.4.